The molecule has 0 saturated carbocycles. The van der Waals surface area contributed by atoms with Gasteiger partial charge in [-0.25, -0.2) is 8.42 Å². The lowest BCUT2D eigenvalue weighted by molar-refractivity contribution is -0.116. The first kappa shape index (κ1) is 20.1. The van der Waals surface area contributed by atoms with Crippen LogP contribution in [0.5, 0.6) is 0 Å². The Morgan fingerprint density at radius 3 is 2.31 bits per heavy atom. The van der Waals surface area contributed by atoms with E-state index in [0.29, 0.717) is 0 Å². The van der Waals surface area contributed by atoms with Crippen molar-refractivity contribution >= 4 is 21.6 Å². The van der Waals surface area contributed by atoms with E-state index in [2.05, 4.69) is 19.2 Å². The van der Waals surface area contributed by atoms with Crippen LogP contribution in [0.4, 0.5) is 5.69 Å². The molecule has 1 N–H and O–H groups in total. The van der Waals surface area contributed by atoms with Gasteiger partial charge in [0.25, 0.3) is 0 Å². The van der Waals surface area contributed by atoms with E-state index in [1.54, 1.807) is 0 Å². The fraction of sp³-hybridized carbons (Fsp3) is 0.350. The molecule has 0 atom stereocenters. The fourth-order valence-corrected chi connectivity index (χ4v) is 3.49. The molecule has 0 unspecified atom stereocenters. The Kier molecular flexibility index (Phi) is 6.56. The van der Waals surface area contributed by atoms with Gasteiger partial charge in [-0.15, -0.1) is 0 Å². The Labute approximate surface area is 156 Å². The Bertz CT molecular complexity index is 862. The summed E-state index contributed by atoms with van der Waals surface area (Å²) in [5.41, 5.74) is 3.59. The van der Waals surface area contributed by atoms with Crippen LogP contribution in [0.2, 0.25) is 0 Å². The average Bonchev–Trinajstić information content (AvgIpc) is 2.56. The van der Waals surface area contributed by atoms with Crippen LogP contribution in [0.3, 0.4) is 0 Å². The van der Waals surface area contributed by atoms with Gasteiger partial charge >= 0.3 is 0 Å². The number of aryl methyl sites for hydroxylation is 1. The first-order valence-electron chi connectivity index (χ1n) is 8.57. The van der Waals surface area contributed by atoms with Crippen molar-refractivity contribution < 1.29 is 13.2 Å². The van der Waals surface area contributed by atoms with Crippen molar-refractivity contribution in [3.63, 3.8) is 0 Å². The molecule has 2 aromatic carbocycles. The molecule has 0 fully saturated rings. The molecule has 0 aliphatic carbocycles. The van der Waals surface area contributed by atoms with E-state index in [9.17, 15) is 13.2 Å². The number of carbonyl (C=O) groups excluding carboxylic acids is 1. The van der Waals surface area contributed by atoms with Crippen molar-refractivity contribution in [3.8, 4) is 0 Å². The summed E-state index contributed by atoms with van der Waals surface area (Å²) in [6.07, 6.45) is 1.12. The minimum atomic E-state index is -3.51. The van der Waals surface area contributed by atoms with Crippen LogP contribution in [0, 0.1) is 6.92 Å². The van der Waals surface area contributed by atoms with Crippen LogP contribution >= 0.6 is 0 Å². The molecular weight excluding hydrogens is 348 g/mol. The molecule has 5 nitrogen and oxygen atoms in total. The topological polar surface area (TPSA) is 66.5 Å². The van der Waals surface area contributed by atoms with E-state index >= 15 is 0 Å². The smallest absolute Gasteiger partial charge is 0.239 e. The SMILES string of the molecule is Cc1cccc(C(C)C)c1NC(=O)CN(Cc1ccccc1)S(C)(=O)=O. The quantitative estimate of drug-likeness (QED) is 0.806. The summed E-state index contributed by atoms with van der Waals surface area (Å²) < 4.78 is 25.4. The van der Waals surface area contributed by atoms with Gasteiger partial charge in [0.05, 0.1) is 12.8 Å². The number of anilines is 1. The van der Waals surface area contributed by atoms with Crippen molar-refractivity contribution in [2.75, 3.05) is 18.1 Å². The molecular formula is C20H26N2O3S. The van der Waals surface area contributed by atoms with Gasteiger partial charge in [-0.1, -0.05) is 62.4 Å². The summed E-state index contributed by atoms with van der Waals surface area (Å²) >= 11 is 0. The van der Waals surface area contributed by atoms with Crippen molar-refractivity contribution in [1.29, 1.82) is 0 Å². The number of carbonyl (C=O) groups is 1. The number of nitrogens with one attached hydrogen (secondary N) is 1. The minimum absolute atomic E-state index is 0.165. The van der Waals surface area contributed by atoms with Crippen molar-refractivity contribution in [2.24, 2.45) is 0 Å². The van der Waals surface area contributed by atoms with E-state index in [4.69, 9.17) is 0 Å². The van der Waals surface area contributed by atoms with Crippen molar-refractivity contribution in [1.82, 2.24) is 4.31 Å². The molecule has 140 valence electrons. The third-order valence-electron chi connectivity index (χ3n) is 4.18. The van der Waals surface area contributed by atoms with Gasteiger partial charge in [0.15, 0.2) is 0 Å². The summed E-state index contributed by atoms with van der Waals surface area (Å²) in [5.74, 6) is -0.0944. The molecule has 0 bridgehead atoms. The lowest BCUT2D eigenvalue weighted by Gasteiger charge is -2.21. The molecule has 0 aromatic heterocycles. The largest absolute Gasteiger partial charge is 0.324 e. The zero-order valence-electron chi connectivity index (χ0n) is 15.7. The molecule has 0 aliphatic heterocycles. The number of sulfonamides is 1. The second kappa shape index (κ2) is 8.47. The van der Waals surface area contributed by atoms with Gasteiger partial charge in [0.2, 0.25) is 15.9 Å². The Morgan fingerprint density at radius 1 is 1.08 bits per heavy atom. The highest BCUT2D eigenvalue weighted by Gasteiger charge is 2.21. The van der Waals surface area contributed by atoms with Crippen molar-refractivity contribution in [3.05, 3.63) is 65.2 Å². The van der Waals surface area contributed by atoms with Gasteiger partial charge in [-0.2, -0.15) is 4.31 Å². The van der Waals surface area contributed by atoms with Gasteiger partial charge in [-0.3, -0.25) is 4.79 Å². The number of para-hydroxylation sites is 1. The Balaban J connectivity index is 2.19. The first-order chi connectivity index (χ1) is 12.2. The van der Waals surface area contributed by atoms with Gasteiger partial charge < -0.3 is 5.32 Å². The summed E-state index contributed by atoms with van der Waals surface area (Å²) in [7, 11) is -3.51. The second-order valence-electron chi connectivity index (χ2n) is 6.76. The predicted molar refractivity (Wildman–Crippen MR) is 106 cm³/mol. The van der Waals surface area contributed by atoms with E-state index in [-0.39, 0.29) is 24.9 Å². The molecule has 0 heterocycles. The molecule has 2 rings (SSSR count). The molecule has 6 heteroatoms. The predicted octanol–water partition coefficient (Wildman–Crippen LogP) is 3.52. The zero-order chi connectivity index (χ0) is 19.3. The van der Waals surface area contributed by atoms with E-state index in [1.165, 1.54) is 4.31 Å². The number of hydrogen-bond acceptors (Lipinski definition) is 3. The van der Waals surface area contributed by atoms with Crippen LogP contribution in [0.15, 0.2) is 48.5 Å². The average molecular weight is 375 g/mol. The third kappa shape index (κ3) is 5.41. The standard InChI is InChI=1S/C20H26N2O3S/c1-15(2)18-12-8-9-16(3)20(18)21-19(23)14-22(26(4,24)25)13-17-10-6-5-7-11-17/h5-12,15H,13-14H2,1-4H3,(H,21,23). The number of rotatable bonds is 7. The van der Waals surface area contributed by atoms with Crippen LogP contribution in [-0.4, -0.2) is 31.4 Å². The monoisotopic (exact) mass is 374 g/mol. The number of amides is 1. The summed E-state index contributed by atoms with van der Waals surface area (Å²) in [6.45, 7) is 5.99. The van der Waals surface area contributed by atoms with E-state index < -0.39 is 10.0 Å². The third-order valence-corrected chi connectivity index (χ3v) is 5.38. The summed E-state index contributed by atoms with van der Waals surface area (Å²) in [4.78, 5) is 12.6. The van der Waals surface area contributed by atoms with Crippen LogP contribution < -0.4 is 5.32 Å². The molecule has 0 radical (unpaired) electrons. The van der Waals surface area contributed by atoms with Gasteiger partial charge in [-0.05, 0) is 29.5 Å². The maximum atomic E-state index is 12.6. The molecule has 1 amide bonds. The van der Waals surface area contributed by atoms with E-state index in [1.807, 2.05) is 55.5 Å². The summed E-state index contributed by atoms with van der Waals surface area (Å²) in [6, 6.07) is 15.1. The number of hydrogen-bond donors (Lipinski definition) is 1. The maximum absolute atomic E-state index is 12.6. The highest BCUT2D eigenvalue weighted by atomic mass is 32.2. The number of benzene rings is 2. The second-order valence-corrected chi connectivity index (χ2v) is 8.74. The van der Waals surface area contributed by atoms with Crippen LogP contribution in [0.25, 0.3) is 0 Å². The molecule has 2 aromatic rings. The van der Waals surface area contributed by atoms with Crippen LogP contribution in [-0.2, 0) is 21.4 Å². The lowest BCUT2D eigenvalue weighted by atomic mass is 9.98. The fourth-order valence-electron chi connectivity index (χ4n) is 2.76. The van der Waals surface area contributed by atoms with Crippen molar-refractivity contribution in [2.45, 2.75) is 33.2 Å². The highest BCUT2D eigenvalue weighted by Crippen LogP contribution is 2.27. The molecule has 0 aliphatic rings. The minimum Gasteiger partial charge on any atom is -0.324 e. The first-order valence-corrected chi connectivity index (χ1v) is 10.4. The summed E-state index contributed by atoms with van der Waals surface area (Å²) in [5, 5.41) is 2.90. The van der Waals surface area contributed by atoms with Gasteiger partial charge in [0, 0.05) is 12.2 Å². The molecule has 0 spiro atoms. The van der Waals surface area contributed by atoms with Gasteiger partial charge in [0.1, 0.15) is 0 Å². The van der Waals surface area contributed by atoms with Crippen LogP contribution in [0.1, 0.15) is 36.5 Å². The lowest BCUT2D eigenvalue weighted by Crippen LogP contribution is -2.37. The Morgan fingerprint density at radius 2 is 1.73 bits per heavy atom. The number of nitrogens with zero attached hydrogens (tertiary/aromatic N) is 1. The normalized spacial score (nSPS) is 11.8. The Hall–Kier alpha value is -2.18. The molecule has 0 saturated heterocycles. The van der Waals surface area contributed by atoms with E-state index in [0.717, 1.165) is 28.6 Å². The molecule has 26 heavy (non-hydrogen) atoms. The zero-order valence-corrected chi connectivity index (χ0v) is 16.5. The maximum Gasteiger partial charge on any atom is 0.239 e. The highest BCUT2D eigenvalue weighted by molar-refractivity contribution is 7.88.